The fraction of sp³-hybridized carbons (Fsp3) is 0.579. The smallest absolute Gasteiger partial charge is 0.432 e. The largest absolute Gasteiger partial charge is 0.510 e. The van der Waals surface area contributed by atoms with Gasteiger partial charge in [0, 0.05) is 6.20 Å². The topological polar surface area (TPSA) is 180 Å². The Morgan fingerprint density at radius 1 is 1.06 bits per heavy atom. The van der Waals surface area contributed by atoms with Crippen molar-refractivity contribution in [2.45, 2.75) is 52.4 Å². The van der Waals surface area contributed by atoms with Gasteiger partial charge in [0.15, 0.2) is 18.9 Å². The molecule has 0 unspecified atom stereocenters. The highest BCUT2D eigenvalue weighted by molar-refractivity contribution is 7.53. The van der Waals surface area contributed by atoms with Gasteiger partial charge in [-0.2, -0.15) is 0 Å². The zero-order chi connectivity index (χ0) is 26.9. The van der Waals surface area contributed by atoms with Crippen molar-refractivity contribution in [3.05, 3.63) is 44.2 Å². The molecule has 0 saturated carbocycles. The minimum absolute atomic E-state index is 0.241. The third-order valence-corrected chi connectivity index (χ3v) is 5.55. The molecule has 1 N–H and O–H groups in total. The van der Waals surface area contributed by atoms with Gasteiger partial charge in [0.25, 0.3) is 5.56 Å². The van der Waals surface area contributed by atoms with Crippen LogP contribution in [0.5, 0.6) is 0 Å². The van der Waals surface area contributed by atoms with Crippen molar-refractivity contribution in [3.8, 4) is 0 Å². The second-order valence-electron chi connectivity index (χ2n) is 7.45. The highest BCUT2D eigenvalue weighted by Crippen LogP contribution is 2.48. The van der Waals surface area contributed by atoms with Crippen LogP contribution in [0.25, 0.3) is 0 Å². The van der Waals surface area contributed by atoms with Crippen molar-refractivity contribution in [2.24, 2.45) is 0 Å². The molecule has 1 aliphatic rings. The first kappa shape index (κ1) is 29.5. The van der Waals surface area contributed by atoms with Gasteiger partial charge in [-0.3, -0.25) is 28.0 Å². The van der Waals surface area contributed by atoms with E-state index in [1.807, 2.05) is 4.98 Å². The molecule has 2 rings (SSSR count). The maximum Gasteiger partial charge on any atom is 0.510 e. The number of rotatable bonds is 12. The predicted octanol–water partition coefficient (Wildman–Crippen LogP) is 2.84. The molecule has 0 aromatic carbocycles. The standard InChI is InChI=1S/C19H26ClN2O13P/c1-11(2)33-18(25)28-8-31-36(27,32-9-29-19(26)34-12(3)4)10-30-15-6-5-14(35-15)22-7-13(20)16(23)21-17(22)24/h5-7,11-12,14-15H,8-10H2,1-4H3,(H,21,23,24)/t14-,15+/m1/s1. The highest BCUT2D eigenvalue weighted by Gasteiger charge is 2.31. The van der Waals surface area contributed by atoms with Crippen molar-refractivity contribution in [1.82, 2.24) is 9.55 Å². The van der Waals surface area contributed by atoms with E-state index in [1.165, 1.54) is 12.2 Å². The molecule has 0 aliphatic carbocycles. The normalized spacial score (nSPS) is 17.4. The molecule has 36 heavy (non-hydrogen) atoms. The van der Waals surface area contributed by atoms with Gasteiger partial charge < -0.3 is 28.4 Å². The SMILES string of the molecule is CC(C)OC(=O)OCOP(=O)(CO[C@@H]1C=C[C@H](n2cc(Cl)c(=O)[nH]c2=O)O1)OCOC(=O)OC(C)C. The molecule has 1 aliphatic heterocycles. The number of carbonyl (C=O) groups excluding carboxylic acids is 2. The lowest BCUT2D eigenvalue weighted by Gasteiger charge is -2.21. The number of hydrogen-bond acceptors (Lipinski definition) is 13. The molecule has 0 bridgehead atoms. The van der Waals surface area contributed by atoms with Crippen LogP contribution in [0.2, 0.25) is 5.02 Å². The average molecular weight is 557 g/mol. The van der Waals surface area contributed by atoms with Crippen LogP contribution < -0.4 is 11.2 Å². The van der Waals surface area contributed by atoms with Crippen molar-refractivity contribution in [3.63, 3.8) is 0 Å². The number of nitrogens with one attached hydrogen (secondary N) is 1. The van der Waals surface area contributed by atoms with Crippen molar-refractivity contribution in [1.29, 1.82) is 0 Å². The van der Waals surface area contributed by atoms with Gasteiger partial charge >= 0.3 is 25.6 Å². The molecule has 2 atom stereocenters. The summed E-state index contributed by atoms with van der Waals surface area (Å²) in [5.41, 5.74) is -1.55. The van der Waals surface area contributed by atoms with Crippen LogP contribution in [0.3, 0.4) is 0 Å². The summed E-state index contributed by atoms with van der Waals surface area (Å²) in [5, 5.41) is -0.241. The molecule has 0 amide bonds. The van der Waals surface area contributed by atoms with Gasteiger partial charge in [0.05, 0.1) is 12.2 Å². The van der Waals surface area contributed by atoms with E-state index >= 15 is 0 Å². The van der Waals surface area contributed by atoms with Crippen molar-refractivity contribution >= 4 is 31.5 Å². The monoisotopic (exact) mass is 556 g/mol. The molecule has 1 aromatic heterocycles. The van der Waals surface area contributed by atoms with E-state index in [2.05, 4.69) is 9.47 Å². The minimum atomic E-state index is -4.21. The predicted molar refractivity (Wildman–Crippen MR) is 120 cm³/mol. The fourth-order valence-electron chi connectivity index (χ4n) is 2.36. The minimum Gasteiger partial charge on any atom is -0.432 e. The maximum absolute atomic E-state index is 13.0. The van der Waals surface area contributed by atoms with E-state index in [0.29, 0.717) is 0 Å². The van der Waals surface area contributed by atoms with Crippen LogP contribution in [0, 0.1) is 0 Å². The molecule has 1 aromatic rings. The van der Waals surface area contributed by atoms with E-state index in [1.54, 1.807) is 27.7 Å². The quantitative estimate of drug-likeness (QED) is 0.172. The summed E-state index contributed by atoms with van der Waals surface area (Å²) >= 11 is 5.74. The molecule has 15 nitrogen and oxygen atoms in total. The van der Waals surface area contributed by atoms with Crippen molar-refractivity contribution in [2.75, 3.05) is 19.9 Å². The maximum atomic E-state index is 13.0. The fourth-order valence-corrected chi connectivity index (χ4v) is 3.49. The summed E-state index contributed by atoms with van der Waals surface area (Å²) < 4.78 is 53.8. The molecule has 202 valence electrons. The lowest BCUT2D eigenvalue weighted by molar-refractivity contribution is -0.130. The molecular formula is C19H26ClN2O13P. The first-order valence-corrected chi connectivity index (χ1v) is 12.5. The van der Waals surface area contributed by atoms with E-state index in [-0.39, 0.29) is 5.02 Å². The van der Waals surface area contributed by atoms with E-state index < -0.39 is 75.8 Å². The number of carbonyl (C=O) groups is 2. The van der Waals surface area contributed by atoms with Gasteiger partial charge in [-0.15, -0.1) is 0 Å². The number of ether oxygens (including phenoxy) is 6. The Morgan fingerprint density at radius 2 is 1.61 bits per heavy atom. The zero-order valence-electron chi connectivity index (χ0n) is 19.7. The van der Waals surface area contributed by atoms with Crippen LogP contribution in [0.1, 0.15) is 33.9 Å². The van der Waals surface area contributed by atoms with Crippen LogP contribution in [0.15, 0.2) is 27.9 Å². The van der Waals surface area contributed by atoms with E-state index in [9.17, 15) is 23.7 Å². The van der Waals surface area contributed by atoms with Crippen LogP contribution in [-0.2, 0) is 42.0 Å². The van der Waals surface area contributed by atoms with Crippen LogP contribution in [-0.4, -0.2) is 60.3 Å². The van der Waals surface area contributed by atoms with Gasteiger partial charge in [-0.1, -0.05) is 11.6 Å². The van der Waals surface area contributed by atoms with Crippen LogP contribution >= 0.6 is 19.2 Å². The summed E-state index contributed by atoms with van der Waals surface area (Å²) in [5.74, 6) is 0. The second-order valence-corrected chi connectivity index (χ2v) is 9.85. The highest BCUT2D eigenvalue weighted by atomic mass is 35.5. The first-order valence-electron chi connectivity index (χ1n) is 10.4. The summed E-state index contributed by atoms with van der Waals surface area (Å²) in [4.78, 5) is 48.4. The van der Waals surface area contributed by atoms with Crippen molar-refractivity contribution < 1.29 is 51.6 Å². The lowest BCUT2D eigenvalue weighted by atomic mass is 10.5. The molecule has 0 radical (unpaired) electrons. The Morgan fingerprint density at radius 3 is 2.14 bits per heavy atom. The molecule has 2 heterocycles. The summed E-state index contributed by atoms with van der Waals surface area (Å²) in [6.45, 7) is 4.70. The number of halogens is 1. The Balaban J connectivity index is 1.96. The van der Waals surface area contributed by atoms with E-state index in [4.69, 9.17) is 39.6 Å². The number of H-pyrrole nitrogens is 1. The number of aromatic amines is 1. The van der Waals surface area contributed by atoms with Crippen LogP contribution in [0.4, 0.5) is 9.59 Å². The van der Waals surface area contributed by atoms with Gasteiger partial charge in [0.2, 0.25) is 13.6 Å². The third kappa shape index (κ3) is 9.76. The molecular weight excluding hydrogens is 531 g/mol. The Hall–Kier alpha value is -2.68. The lowest BCUT2D eigenvalue weighted by Crippen LogP contribution is -2.32. The number of nitrogens with zero attached hydrogens (tertiary/aromatic N) is 1. The molecule has 17 heteroatoms. The average Bonchev–Trinajstić information content (AvgIpc) is 3.23. The molecule has 0 saturated heterocycles. The van der Waals surface area contributed by atoms with Gasteiger partial charge in [0.1, 0.15) is 5.02 Å². The summed E-state index contributed by atoms with van der Waals surface area (Å²) in [6.07, 6.45) is -2.08. The molecule has 0 fully saturated rings. The summed E-state index contributed by atoms with van der Waals surface area (Å²) in [6, 6.07) is 0. The summed E-state index contributed by atoms with van der Waals surface area (Å²) in [7, 11) is -4.21. The Kier molecular flexibility index (Phi) is 11.1. The number of hydrogen-bond donors (Lipinski definition) is 1. The zero-order valence-corrected chi connectivity index (χ0v) is 21.4. The first-order chi connectivity index (χ1) is 16.9. The van der Waals surface area contributed by atoms with Gasteiger partial charge in [-0.05, 0) is 39.8 Å². The number of aromatic nitrogens is 2. The Labute approximate surface area is 209 Å². The van der Waals surface area contributed by atoms with E-state index in [0.717, 1.165) is 10.8 Å². The molecule has 0 spiro atoms. The third-order valence-electron chi connectivity index (χ3n) is 3.82. The van der Waals surface area contributed by atoms with Gasteiger partial charge in [-0.25, -0.2) is 14.4 Å². The Bertz CT molecular complexity index is 1070. The second kappa shape index (κ2) is 13.6.